The van der Waals surface area contributed by atoms with E-state index >= 15 is 0 Å². The van der Waals surface area contributed by atoms with E-state index in [0.29, 0.717) is 11.3 Å². The smallest absolute Gasteiger partial charge is 0.417 e. The van der Waals surface area contributed by atoms with Gasteiger partial charge >= 0.3 is 6.18 Å². The third-order valence-corrected chi connectivity index (χ3v) is 5.68. The van der Waals surface area contributed by atoms with Crippen molar-refractivity contribution in [1.29, 1.82) is 0 Å². The second-order valence-electron chi connectivity index (χ2n) is 6.36. The number of halogens is 3. The number of hydrogen-bond acceptors (Lipinski definition) is 4. The third kappa shape index (κ3) is 3.63. The Bertz CT molecular complexity index is 551. The summed E-state index contributed by atoms with van der Waals surface area (Å²) in [6.07, 6.45) is -3.83. The molecule has 1 aromatic rings. The molecule has 2 unspecified atom stereocenters. The van der Waals surface area contributed by atoms with Crippen LogP contribution in [0, 0.1) is 5.92 Å². The number of thiophene rings is 1. The predicted octanol–water partition coefficient (Wildman–Crippen LogP) is 4.68. The number of alkyl halides is 3. The van der Waals surface area contributed by atoms with Gasteiger partial charge in [0.05, 0.1) is 0 Å². The van der Waals surface area contributed by atoms with Gasteiger partial charge in [0.1, 0.15) is 0 Å². The fraction of sp³-hybridized carbons (Fsp3) is 0.600. The van der Waals surface area contributed by atoms with Crippen LogP contribution in [0.3, 0.4) is 0 Å². The average molecular weight is 352 g/mol. The minimum atomic E-state index is -4.71. The number of allylic oxidation sites excluding steroid dienone is 1. The van der Waals surface area contributed by atoms with E-state index < -0.39 is 23.6 Å². The van der Waals surface area contributed by atoms with Crippen LogP contribution in [-0.4, -0.2) is 27.7 Å². The summed E-state index contributed by atoms with van der Waals surface area (Å²) in [6, 6.07) is 1.61. The van der Waals surface area contributed by atoms with Gasteiger partial charge in [0.2, 0.25) is 0 Å². The molecule has 2 atom stereocenters. The summed E-state index contributed by atoms with van der Waals surface area (Å²) < 4.78 is 40.5. The zero-order chi connectivity index (χ0) is 16.6. The summed E-state index contributed by atoms with van der Waals surface area (Å²) in [5.41, 5.74) is -3.31. The van der Waals surface area contributed by atoms with Crippen LogP contribution in [0.4, 0.5) is 13.2 Å². The second kappa shape index (κ2) is 6.09. The summed E-state index contributed by atoms with van der Waals surface area (Å²) in [5.74, 6) is 0.270. The number of rotatable bonds is 5. The highest BCUT2D eigenvalue weighted by atomic mass is 32.2. The van der Waals surface area contributed by atoms with Crippen molar-refractivity contribution in [3.63, 3.8) is 0 Å². The molecule has 2 rings (SSSR count). The molecule has 0 aliphatic carbocycles. The molecule has 0 amide bonds. The first kappa shape index (κ1) is 17.7. The van der Waals surface area contributed by atoms with Crippen molar-refractivity contribution in [2.75, 3.05) is 5.75 Å². The summed E-state index contributed by atoms with van der Waals surface area (Å²) >= 11 is 2.53. The van der Waals surface area contributed by atoms with Crippen molar-refractivity contribution < 1.29 is 23.4 Å². The first-order valence-electron chi connectivity index (χ1n) is 6.89. The van der Waals surface area contributed by atoms with Gasteiger partial charge in [0.25, 0.3) is 0 Å². The quantitative estimate of drug-likeness (QED) is 0.808. The number of hydrogen-bond donors (Lipinski definition) is 2. The lowest BCUT2D eigenvalue weighted by molar-refractivity contribution is -0.271. The first-order valence-corrected chi connectivity index (χ1v) is 8.82. The van der Waals surface area contributed by atoms with E-state index in [9.17, 15) is 23.4 Å². The summed E-state index contributed by atoms with van der Waals surface area (Å²) in [4.78, 5) is 0. The molecule has 0 saturated carbocycles. The minimum Gasteiger partial charge on any atom is -0.499 e. The molecule has 7 heteroatoms. The molecule has 2 N–H and O–H groups in total. The van der Waals surface area contributed by atoms with E-state index in [-0.39, 0.29) is 17.4 Å². The van der Waals surface area contributed by atoms with E-state index in [1.807, 2.05) is 0 Å². The van der Waals surface area contributed by atoms with Gasteiger partial charge in [-0.15, -0.1) is 23.1 Å². The van der Waals surface area contributed by atoms with Gasteiger partial charge in [0, 0.05) is 11.3 Å². The SMILES string of the molecule is CC(C)(CC(O)(CC1C=CSC1)C(F)(F)F)c1ccsc1O. The molecule has 2 nitrogen and oxygen atoms in total. The van der Waals surface area contributed by atoms with Crippen LogP contribution < -0.4 is 0 Å². The Labute approximate surface area is 136 Å². The Balaban J connectivity index is 2.26. The molecule has 0 saturated heterocycles. The van der Waals surface area contributed by atoms with Crippen LogP contribution in [0.5, 0.6) is 5.06 Å². The van der Waals surface area contributed by atoms with Crippen molar-refractivity contribution in [3.05, 3.63) is 28.5 Å². The molecular formula is C15H19F3O2S2. The second-order valence-corrected chi connectivity index (χ2v) is 8.19. The van der Waals surface area contributed by atoms with Crippen molar-refractivity contribution in [1.82, 2.24) is 0 Å². The molecule has 1 aliphatic heterocycles. The van der Waals surface area contributed by atoms with Gasteiger partial charge < -0.3 is 10.2 Å². The van der Waals surface area contributed by atoms with Crippen LogP contribution in [0.25, 0.3) is 0 Å². The maximum absolute atomic E-state index is 13.5. The highest BCUT2D eigenvalue weighted by Gasteiger charge is 2.56. The van der Waals surface area contributed by atoms with Gasteiger partial charge in [-0.05, 0) is 41.0 Å². The van der Waals surface area contributed by atoms with E-state index in [4.69, 9.17) is 0 Å². The monoisotopic (exact) mass is 352 g/mol. The van der Waals surface area contributed by atoms with Crippen LogP contribution in [0.1, 0.15) is 32.3 Å². The Morgan fingerprint density at radius 1 is 1.32 bits per heavy atom. The molecule has 0 radical (unpaired) electrons. The summed E-state index contributed by atoms with van der Waals surface area (Å²) in [5, 5.41) is 23.6. The van der Waals surface area contributed by atoms with Gasteiger partial charge in [-0.1, -0.05) is 19.9 Å². The van der Waals surface area contributed by atoms with E-state index in [1.165, 1.54) is 11.8 Å². The van der Waals surface area contributed by atoms with E-state index in [0.717, 1.165) is 11.3 Å². The Morgan fingerprint density at radius 3 is 2.45 bits per heavy atom. The number of aromatic hydroxyl groups is 1. The van der Waals surface area contributed by atoms with Crippen LogP contribution in [0.15, 0.2) is 22.9 Å². The van der Waals surface area contributed by atoms with Crippen molar-refractivity contribution in [2.24, 2.45) is 5.92 Å². The zero-order valence-electron chi connectivity index (χ0n) is 12.4. The lowest BCUT2D eigenvalue weighted by Gasteiger charge is -2.38. The fourth-order valence-corrected chi connectivity index (χ4v) is 4.62. The summed E-state index contributed by atoms with van der Waals surface area (Å²) in [6.45, 7) is 3.23. The highest BCUT2D eigenvalue weighted by Crippen LogP contribution is 2.47. The Morgan fingerprint density at radius 2 is 2.00 bits per heavy atom. The van der Waals surface area contributed by atoms with E-state index in [1.54, 1.807) is 36.8 Å². The number of aliphatic hydroxyl groups is 1. The molecule has 22 heavy (non-hydrogen) atoms. The molecule has 1 aliphatic rings. The maximum Gasteiger partial charge on any atom is 0.417 e. The van der Waals surface area contributed by atoms with Crippen molar-refractivity contribution in [3.8, 4) is 5.06 Å². The largest absolute Gasteiger partial charge is 0.499 e. The fourth-order valence-electron chi connectivity index (χ4n) is 2.89. The van der Waals surface area contributed by atoms with Crippen molar-refractivity contribution in [2.45, 2.75) is 43.9 Å². The lowest BCUT2D eigenvalue weighted by atomic mass is 9.73. The Hall–Kier alpha value is -0.660. The minimum absolute atomic E-state index is 0.00541. The molecule has 124 valence electrons. The van der Waals surface area contributed by atoms with E-state index in [2.05, 4.69) is 0 Å². The maximum atomic E-state index is 13.5. The summed E-state index contributed by atoms with van der Waals surface area (Å²) in [7, 11) is 0. The first-order chi connectivity index (χ1) is 10.1. The molecule has 1 aromatic heterocycles. The molecule has 0 spiro atoms. The van der Waals surface area contributed by atoms with Crippen molar-refractivity contribution >= 4 is 23.1 Å². The predicted molar refractivity (Wildman–Crippen MR) is 84.3 cm³/mol. The van der Waals surface area contributed by atoms with Gasteiger partial charge in [-0.2, -0.15) is 13.2 Å². The molecule has 0 aromatic carbocycles. The van der Waals surface area contributed by atoms with Crippen LogP contribution >= 0.6 is 23.1 Å². The Kier molecular flexibility index (Phi) is 4.90. The normalized spacial score (nSPS) is 22.0. The van der Waals surface area contributed by atoms with Gasteiger partial charge in [0.15, 0.2) is 10.7 Å². The molecule has 0 bridgehead atoms. The van der Waals surface area contributed by atoms with Gasteiger partial charge in [-0.3, -0.25) is 0 Å². The van der Waals surface area contributed by atoms with Gasteiger partial charge in [-0.25, -0.2) is 0 Å². The molecule has 0 fully saturated rings. The third-order valence-electron chi connectivity index (χ3n) is 3.99. The molecular weight excluding hydrogens is 333 g/mol. The number of thioether (sulfide) groups is 1. The van der Waals surface area contributed by atoms with Crippen LogP contribution in [0.2, 0.25) is 0 Å². The lowest BCUT2D eigenvalue weighted by Crippen LogP contribution is -2.50. The zero-order valence-corrected chi connectivity index (χ0v) is 14.0. The topological polar surface area (TPSA) is 40.5 Å². The highest BCUT2D eigenvalue weighted by molar-refractivity contribution is 8.02. The van der Waals surface area contributed by atoms with Crippen LogP contribution in [-0.2, 0) is 5.41 Å². The standard InChI is InChI=1S/C15H19F3O2S2/c1-13(2,11-4-6-22-12(11)19)9-14(20,15(16,17)18)7-10-3-5-21-8-10/h3-6,10,19-20H,7-9H2,1-2H3. The molecule has 2 heterocycles. The average Bonchev–Trinajstić information content (AvgIpc) is 2.98.